The lowest BCUT2D eigenvalue weighted by molar-refractivity contribution is 0.477. The van der Waals surface area contributed by atoms with Gasteiger partial charge in [-0.05, 0) is 35.0 Å². The molecule has 0 saturated heterocycles. The van der Waals surface area contributed by atoms with Crippen molar-refractivity contribution in [1.82, 2.24) is 4.98 Å². The highest BCUT2D eigenvalue weighted by Gasteiger charge is 2.19. The normalized spacial score (nSPS) is 10.3. The molecule has 2 rings (SSSR count). The summed E-state index contributed by atoms with van der Waals surface area (Å²) in [5.41, 5.74) is 0.494. The van der Waals surface area contributed by atoms with Crippen molar-refractivity contribution in [3.8, 4) is 22.9 Å². The van der Waals surface area contributed by atoms with E-state index >= 15 is 0 Å². The minimum Gasteiger partial charge on any atom is -0.506 e. The van der Waals surface area contributed by atoms with Crippen molar-refractivity contribution in [3.05, 3.63) is 48.3 Å². The predicted octanol–water partition coefficient (Wildman–Crippen LogP) is 4.00. The maximum absolute atomic E-state index is 11.8. The summed E-state index contributed by atoms with van der Waals surface area (Å²) >= 11 is 15.1. The minimum atomic E-state index is -0.524. The average Bonchev–Trinajstić information content (AvgIpc) is 2.39. The number of nitriles is 1. The second-order valence-corrected chi connectivity index (χ2v) is 5.67. The van der Waals surface area contributed by atoms with Crippen molar-refractivity contribution >= 4 is 39.1 Å². The molecule has 0 spiro atoms. The highest BCUT2D eigenvalue weighted by molar-refractivity contribution is 9.10. The fraction of sp³-hybridized carbons (Fsp3) is 0.0769. The van der Waals surface area contributed by atoms with E-state index in [2.05, 4.69) is 20.9 Å². The molecule has 7 heteroatoms. The van der Waals surface area contributed by atoms with Gasteiger partial charge in [0.1, 0.15) is 22.4 Å². The van der Waals surface area contributed by atoms with Crippen LogP contribution in [0.25, 0.3) is 11.1 Å². The average molecular weight is 374 g/mol. The molecule has 0 saturated carbocycles. The number of phenolic OH excluding ortho intramolecular Hbond substituents is 1. The maximum Gasteiger partial charge on any atom is 0.266 e. The van der Waals surface area contributed by atoms with E-state index in [1.165, 1.54) is 6.07 Å². The minimum absolute atomic E-state index is 0.0436. The first-order valence-electron chi connectivity index (χ1n) is 5.37. The molecule has 20 heavy (non-hydrogen) atoms. The Balaban J connectivity index is 2.90. The molecular formula is C13H7BrCl2N2O2. The van der Waals surface area contributed by atoms with Crippen LogP contribution in [0.15, 0.2) is 21.4 Å². The van der Waals surface area contributed by atoms with Crippen LogP contribution in [-0.2, 0) is 0 Å². The highest BCUT2D eigenvalue weighted by Crippen LogP contribution is 2.44. The van der Waals surface area contributed by atoms with Gasteiger partial charge in [-0.25, -0.2) is 0 Å². The van der Waals surface area contributed by atoms with Crippen LogP contribution in [0.5, 0.6) is 5.75 Å². The van der Waals surface area contributed by atoms with Crippen molar-refractivity contribution in [2.24, 2.45) is 0 Å². The molecule has 4 nitrogen and oxygen atoms in total. The lowest BCUT2D eigenvalue weighted by Gasteiger charge is -2.11. The lowest BCUT2D eigenvalue weighted by Crippen LogP contribution is -2.12. The van der Waals surface area contributed by atoms with Crippen LogP contribution in [-0.4, -0.2) is 10.1 Å². The number of nitrogens with one attached hydrogen (secondary N) is 1. The first-order valence-corrected chi connectivity index (χ1v) is 6.92. The van der Waals surface area contributed by atoms with Gasteiger partial charge in [-0.3, -0.25) is 4.79 Å². The molecule has 1 aromatic heterocycles. The van der Waals surface area contributed by atoms with Crippen molar-refractivity contribution in [2.45, 2.75) is 6.92 Å². The molecule has 102 valence electrons. The second-order valence-electron chi connectivity index (χ2n) is 4.06. The van der Waals surface area contributed by atoms with Gasteiger partial charge >= 0.3 is 0 Å². The van der Waals surface area contributed by atoms with Crippen molar-refractivity contribution in [2.75, 3.05) is 0 Å². The van der Waals surface area contributed by atoms with Crippen LogP contribution >= 0.6 is 39.1 Å². The summed E-state index contributed by atoms with van der Waals surface area (Å²) in [6, 6.07) is 4.93. The SMILES string of the molecule is Cc1cc(-c2cc(Br)c(Cl)c(Cl)c2O)c(C#N)c(=O)[nH]1. The van der Waals surface area contributed by atoms with Crippen LogP contribution in [0.4, 0.5) is 0 Å². The molecule has 1 heterocycles. The molecular weight excluding hydrogens is 367 g/mol. The zero-order valence-electron chi connectivity index (χ0n) is 10.1. The number of aryl methyl sites for hydroxylation is 1. The highest BCUT2D eigenvalue weighted by atomic mass is 79.9. The zero-order chi connectivity index (χ0) is 15.0. The monoisotopic (exact) mass is 372 g/mol. The molecule has 0 aliphatic rings. The molecule has 1 aromatic carbocycles. The summed E-state index contributed by atoms with van der Waals surface area (Å²) in [7, 11) is 0. The van der Waals surface area contributed by atoms with Gasteiger partial charge in [0.15, 0.2) is 0 Å². The molecule has 2 aromatic rings. The van der Waals surface area contributed by atoms with E-state index in [1.54, 1.807) is 13.0 Å². The number of aromatic nitrogens is 1. The third-order valence-corrected chi connectivity index (χ3v) is 4.42. The summed E-state index contributed by atoms with van der Waals surface area (Å²) in [6.45, 7) is 1.68. The Labute approximate surface area is 132 Å². The number of aromatic hydroxyl groups is 1. The molecule has 2 N–H and O–H groups in total. The van der Waals surface area contributed by atoms with Gasteiger partial charge in [-0.15, -0.1) is 0 Å². The van der Waals surface area contributed by atoms with Gasteiger partial charge in [0.05, 0.1) is 5.02 Å². The van der Waals surface area contributed by atoms with Crippen LogP contribution < -0.4 is 5.56 Å². The molecule has 0 fully saturated rings. The maximum atomic E-state index is 11.8. The lowest BCUT2D eigenvalue weighted by atomic mass is 10.00. The first-order chi connectivity index (χ1) is 9.36. The van der Waals surface area contributed by atoms with Gasteiger partial charge in [-0.2, -0.15) is 5.26 Å². The number of rotatable bonds is 1. The predicted molar refractivity (Wildman–Crippen MR) is 81.3 cm³/mol. The van der Waals surface area contributed by atoms with E-state index in [-0.39, 0.29) is 26.9 Å². The third kappa shape index (κ3) is 2.42. The first kappa shape index (κ1) is 14.9. The summed E-state index contributed by atoms with van der Waals surface area (Å²) in [4.78, 5) is 14.3. The standard InChI is InChI=1S/C13H7BrCl2N2O2/c1-5-2-6(8(4-17)13(20)18-5)7-3-9(14)10(15)11(16)12(7)19/h2-3,19H,1H3,(H,18,20). The Kier molecular flexibility index (Phi) is 4.09. The number of aromatic amines is 1. The summed E-state index contributed by atoms with van der Waals surface area (Å²) < 4.78 is 0.457. The van der Waals surface area contributed by atoms with E-state index in [1.807, 2.05) is 6.07 Å². The molecule has 0 bridgehead atoms. The van der Waals surface area contributed by atoms with Crippen LogP contribution in [0.1, 0.15) is 11.3 Å². The van der Waals surface area contributed by atoms with Gasteiger partial charge < -0.3 is 10.1 Å². The van der Waals surface area contributed by atoms with Gasteiger partial charge in [0.2, 0.25) is 0 Å². The van der Waals surface area contributed by atoms with Gasteiger partial charge in [-0.1, -0.05) is 23.2 Å². The molecule has 0 aliphatic heterocycles. The Hall–Kier alpha value is -1.48. The molecule has 0 aliphatic carbocycles. The largest absolute Gasteiger partial charge is 0.506 e. The van der Waals surface area contributed by atoms with Gasteiger partial charge in [0.25, 0.3) is 5.56 Å². The fourth-order valence-electron chi connectivity index (χ4n) is 1.80. The number of halogens is 3. The molecule has 0 unspecified atom stereocenters. The Morgan fingerprint density at radius 1 is 1.30 bits per heavy atom. The van der Waals surface area contributed by atoms with Crippen LogP contribution in [0.2, 0.25) is 10.0 Å². The van der Waals surface area contributed by atoms with Gasteiger partial charge in [0, 0.05) is 21.3 Å². The van der Waals surface area contributed by atoms with E-state index < -0.39 is 5.56 Å². The Morgan fingerprint density at radius 2 is 1.95 bits per heavy atom. The van der Waals surface area contributed by atoms with E-state index in [9.17, 15) is 9.90 Å². The molecule has 0 amide bonds. The van der Waals surface area contributed by atoms with Crippen molar-refractivity contribution in [3.63, 3.8) is 0 Å². The number of hydrogen-bond acceptors (Lipinski definition) is 3. The third-order valence-electron chi connectivity index (χ3n) is 2.71. The van der Waals surface area contributed by atoms with Crippen molar-refractivity contribution < 1.29 is 5.11 Å². The number of hydrogen-bond donors (Lipinski definition) is 2. The summed E-state index contributed by atoms with van der Waals surface area (Å²) in [5.74, 6) is -0.277. The van der Waals surface area contributed by atoms with E-state index in [0.29, 0.717) is 15.7 Å². The van der Waals surface area contributed by atoms with E-state index in [4.69, 9.17) is 28.5 Å². The van der Waals surface area contributed by atoms with Crippen LogP contribution in [0.3, 0.4) is 0 Å². The number of H-pyrrole nitrogens is 1. The fourth-order valence-corrected chi connectivity index (χ4v) is 2.69. The Morgan fingerprint density at radius 3 is 2.55 bits per heavy atom. The van der Waals surface area contributed by atoms with Crippen molar-refractivity contribution in [1.29, 1.82) is 5.26 Å². The number of nitrogens with zero attached hydrogens (tertiary/aromatic N) is 1. The number of pyridine rings is 1. The van der Waals surface area contributed by atoms with Crippen LogP contribution in [0, 0.1) is 18.3 Å². The summed E-state index contributed by atoms with van der Waals surface area (Å²) in [5, 5.41) is 19.3. The second kappa shape index (κ2) is 5.49. The Bertz CT molecular complexity index is 809. The zero-order valence-corrected chi connectivity index (χ0v) is 13.2. The number of phenols is 1. The smallest absolute Gasteiger partial charge is 0.266 e. The van der Waals surface area contributed by atoms with E-state index in [0.717, 1.165) is 0 Å². The topological polar surface area (TPSA) is 76.9 Å². The quantitative estimate of drug-likeness (QED) is 0.741. The molecule has 0 atom stereocenters. The number of benzene rings is 1. The molecule has 0 radical (unpaired) electrons. The summed E-state index contributed by atoms with van der Waals surface area (Å²) in [6.07, 6.45) is 0.